The molecule has 0 aliphatic carbocycles. The zero-order chi connectivity index (χ0) is 13.0. The van der Waals surface area contributed by atoms with Crippen molar-refractivity contribution in [3.05, 3.63) is 11.6 Å². The van der Waals surface area contributed by atoms with Crippen LogP contribution in [0.4, 0.5) is 5.69 Å². The van der Waals surface area contributed by atoms with E-state index >= 15 is 0 Å². The van der Waals surface area contributed by atoms with Crippen LogP contribution >= 0.6 is 0 Å². The molecule has 0 radical (unpaired) electrons. The Labute approximate surface area is 108 Å². The van der Waals surface area contributed by atoms with Crippen molar-refractivity contribution in [3.8, 4) is 11.8 Å². The number of nitrogens with zero attached hydrogens (tertiary/aromatic N) is 2. The predicted molar refractivity (Wildman–Crippen MR) is 69.5 cm³/mol. The third-order valence-corrected chi connectivity index (χ3v) is 3.07. The van der Waals surface area contributed by atoms with Crippen LogP contribution in [0.15, 0.2) is 6.07 Å². The van der Waals surface area contributed by atoms with Crippen LogP contribution in [0, 0.1) is 6.92 Å². The molecule has 0 amide bonds. The average molecular weight is 252 g/mol. The smallest absolute Gasteiger partial charge is 0.243 e. The molecule has 2 rings (SSSR count). The normalized spacial score (nSPS) is 14.9. The largest absolute Gasteiger partial charge is 0.481 e. The average Bonchev–Trinajstić information content (AvgIpc) is 2.89. The fourth-order valence-corrected chi connectivity index (χ4v) is 2.25. The Morgan fingerprint density at radius 1 is 1.28 bits per heavy atom. The standard InChI is InChI=1S/C13H20N2O3/c1-10-8-11(17-3)14-13(18-9-16-2)12(10)15-6-4-5-7-15/h8H,4-7,9H2,1-3H3. The molecular formula is C13H20N2O3. The predicted octanol–water partition coefficient (Wildman–Crippen LogP) is 1.98. The highest BCUT2D eigenvalue weighted by Gasteiger charge is 2.21. The molecule has 1 saturated heterocycles. The number of aromatic nitrogens is 1. The van der Waals surface area contributed by atoms with Crippen LogP contribution in [0.1, 0.15) is 18.4 Å². The molecule has 2 heterocycles. The van der Waals surface area contributed by atoms with Gasteiger partial charge in [0, 0.05) is 26.3 Å². The van der Waals surface area contributed by atoms with Gasteiger partial charge in [0.15, 0.2) is 6.79 Å². The lowest BCUT2D eigenvalue weighted by atomic mass is 10.2. The van der Waals surface area contributed by atoms with Crippen LogP contribution in [0.5, 0.6) is 11.8 Å². The van der Waals surface area contributed by atoms with Crippen molar-refractivity contribution < 1.29 is 14.2 Å². The van der Waals surface area contributed by atoms with Gasteiger partial charge < -0.3 is 19.1 Å². The van der Waals surface area contributed by atoms with Gasteiger partial charge in [-0.3, -0.25) is 0 Å². The van der Waals surface area contributed by atoms with Gasteiger partial charge in [-0.1, -0.05) is 0 Å². The molecule has 0 spiro atoms. The van der Waals surface area contributed by atoms with E-state index in [0.29, 0.717) is 11.8 Å². The number of pyridine rings is 1. The summed E-state index contributed by atoms with van der Waals surface area (Å²) in [5.41, 5.74) is 2.18. The molecule has 5 heteroatoms. The van der Waals surface area contributed by atoms with Crippen molar-refractivity contribution in [3.63, 3.8) is 0 Å². The molecule has 0 aromatic carbocycles. The second-order valence-corrected chi connectivity index (χ2v) is 4.38. The minimum absolute atomic E-state index is 0.195. The highest BCUT2D eigenvalue weighted by Crippen LogP contribution is 2.35. The van der Waals surface area contributed by atoms with Crippen molar-refractivity contribution in [1.82, 2.24) is 4.98 Å². The van der Waals surface area contributed by atoms with E-state index in [2.05, 4.69) is 16.8 Å². The number of rotatable bonds is 5. The molecule has 0 saturated carbocycles. The Morgan fingerprint density at radius 3 is 2.61 bits per heavy atom. The van der Waals surface area contributed by atoms with Crippen molar-refractivity contribution in [2.45, 2.75) is 19.8 Å². The summed E-state index contributed by atoms with van der Waals surface area (Å²) in [4.78, 5) is 6.68. The summed E-state index contributed by atoms with van der Waals surface area (Å²) >= 11 is 0. The van der Waals surface area contributed by atoms with E-state index in [4.69, 9.17) is 14.2 Å². The Morgan fingerprint density at radius 2 is 2.00 bits per heavy atom. The van der Waals surface area contributed by atoms with Crippen molar-refractivity contribution in [2.75, 3.05) is 39.0 Å². The molecule has 100 valence electrons. The highest BCUT2D eigenvalue weighted by atomic mass is 16.7. The van der Waals surface area contributed by atoms with Gasteiger partial charge in [0.1, 0.15) is 5.69 Å². The number of ether oxygens (including phenoxy) is 3. The summed E-state index contributed by atoms with van der Waals surface area (Å²) in [5.74, 6) is 1.16. The number of aryl methyl sites for hydroxylation is 1. The van der Waals surface area contributed by atoms with Crippen molar-refractivity contribution >= 4 is 5.69 Å². The number of hydrogen-bond acceptors (Lipinski definition) is 5. The fourth-order valence-electron chi connectivity index (χ4n) is 2.25. The van der Waals surface area contributed by atoms with Gasteiger partial charge in [0.2, 0.25) is 11.8 Å². The molecule has 0 N–H and O–H groups in total. The van der Waals surface area contributed by atoms with Crippen LogP contribution in [-0.4, -0.2) is 39.1 Å². The van der Waals surface area contributed by atoms with Crippen LogP contribution in [0.25, 0.3) is 0 Å². The topological polar surface area (TPSA) is 43.8 Å². The summed E-state index contributed by atoms with van der Waals surface area (Å²) in [6, 6.07) is 1.94. The minimum Gasteiger partial charge on any atom is -0.481 e. The summed E-state index contributed by atoms with van der Waals surface area (Å²) in [5, 5.41) is 0. The van der Waals surface area contributed by atoms with Crippen molar-refractivity contribution in [2.24, 2.45) is 0 Å². The fraction of sp³-hybridized carbons (Fsp3) is 0.615. The molecule has 1 aliphatic heterocycles. The molecule has 5 nitrogen and oxygen atoms in total. The highest BCUT2D eigenvalue weighted by molar-refractivity contribution is 5.62. The van der Waals surface area contributed by atoms with Crippen LogP contribution < -0.4 is 14.4 Å². The maximum Gasteiger partial charge on any atom is 0.243 e. The van der Waals surface area contributed by atoms with Gasteiger partial charge >= 0.3 is 0 Å². The maximum atomic E-state index is 5.57. The Hall–Kier alpha value is -1.49. The molecule has 0 unspecified atom stereocenters. The van der Waals surface area contributed by atoms with E-state index in [9.17, 15) is 0 Å². The molecule has 18 heavy (non-hydrogen) atoms. The zero-order valence-electron chi connectivity index (χ0n) is 11.2. The first-order valence-corrected chi connectivity index (χ1v) is 6.18. The third kappa shape index (κ3) is 2.67. The molecule has 0 bridgehead atoms. The van der Waals surface area contributed by atoms with Crippen LogP contribution in [0.3, 0.4) is 0 Å². The Kier molecular flexibility index (Phi) is 4.25. The van der Waals surface area contributed by atoms with E-state index in [1.54, 1.807) is 14.2 Å². The quantitative estimate of drug-likeness (QED) is 0.750. The number of hydrogen-bond donors (Lipinski definition) is 0. The van der Waals surface area contributed by atoms with Gasteiger partial charge in [0.05, 0.1) is 7.11 Å². The van der Waals surface area contributed by atoms with Crippen LogP contribution in [0.2, 0.25) is 0 Å². The first-order valence-electron chi connectivity index (χ1n) is 6.18. The number of anilines is 1. The van der Waals surface area contributed by atoms with Gasteiger partial charge in [-0.25, -0.2) is 0 Å². The van der Waals surface area contributed by atoms with Gasteiger partial charge in [-0.05, 0) is 25.3 Å². The first-order chi connectivity index (χ1) is 8.76. The third-order valence-electron chi connectivity index (χ3n) is 3.07. The van der Waals surface area contributed by atoms with Gasteiger partial charge in [-0.2, -0.15) is 4.98 Å². The van der Waals surface area contributed by atoms with Crippen molar-refractivity contribution in [1.29, 1.82) is 0 Å². The SMILES string of the molecule is COCOc1nc(OC)cc(C)c1N1CCCC1. The lowest BCUT2D eigenvalue weighted by Gasteiger charge is -2.23. The Bertz CT molecular complexity index is 403. The maximum absolute atomic E-state index is 5.57. The van der Waals surface area contributed by atoms with E-state index in [1.165, 1.54) is 12.8 Å². The van der Waals surface area contributed by atoms with E-state index in [-0.39, 0.29) is 6.79 Å². The van der Waals surface area contributed by atoms with E-state index in [0.717, 1.165) is 24.3 Å². The monoisotopic (exact) mass is 252 g/mol. The molecule has 1 fully saturated rings. The lowest BCUT2D eigenvalue weighted by Crippen LogP contribution is -2.20. The second-order valence-electron chi connectivity index (χ2n) is 4.38. The molecule has 1 aromatic rings. The molecule has 1 aromatic heterocycles. The van der Waals surface area contributed by atoms with Gasteiger partial charge in [-0.15, -0.1) is 0 Å². The molecule has 1 aliphatic rings. The summed E-state index contributed by atoms with van der Waals surface area (Å²) in [6.07, 6.45) is 2.43. The van der Waals surface area contributed by atoms with Crippen LogP contribution in [-0.2, 0) is 4.74 Å². The minimum atomic E-state index is 0.195. The lowest BCUT2D eigenvalue weighted by molar-refractivity contribution is 0.0477. The summed E-state index contributed by atoms with van der Waals surface area (Å²) in [7, 11) is 3.21. The number of methoxy groups -OCH3 is 2. The van der Waals surface area contributed by atoms with Gasteiger partial charge in [0.25, 0.3) is 0 Å². The summed E-state index contributed by atoms with van der Waals surface area (Å²) < 4.78 is 15.7. The summed E-state index contributed by atoms with van der Waals surface area (Å²) in [6.45, 7) is 4.36. The Balaban J connectivity index is 2.33. The second kappa shape index (κ2) is 5.91. The van der Waals surface area contributed by atoms with E-state index in [1.807, 2.05) is 6.07 Å². The molecule has 0 atom stereocenters. The first kappa shape index (κ1) is 13.0. The molecular weight excluding hydrogens is 232 g/mol. The van der Waals surface area contributed by atoms with E-state index < -0.39 is 0 Å². The zero-order valence-corrected chi connectivity index (χ0v) is 11.2.